The van der Waals surface area contributed by atoms with Gasteiger partial charge in [0.2, 0.25) is 0 Å². The number of imidazole rings is 1. The van der Waals surface area contributed by atoms with Gasteiger partial charge in [-0.1, -0.05) is 0 Å². The first-order valence-electron chi connectivity index (χ1n) is 9.06. The summed E-state index contributed by atoms with van der Waals surface area (Å²) in [6, 6.07) is 8.81. The van der Waals surface area contributed by atoms with Gasteiger partial charge in [-0.2, -0.15) is 0 Å². The van der Waals surface area contributed by atoms with E-state index in [0.29, 0.717) is 22.8 Å². The van der Waals surface area contributed by atoms with Crippen molar-refractivity contribution in [1.82, 2.24) is 9.55 Å². The van der Waals surface area contributed by atoms with Crippen LogP contribution >= 0.6 is 0 Å². The predicted octanol–water partition coefficient (Wildman–Crippen LogP) is 5.22. The highest BCUT2D eigenvalue weighted by Crippen LogP contribution is 2.43. The Labute approximate surface area is 163 Å². The van der Waals surface area contributed by atoms with Gasteiger partial charge < -0.3 is 18.5 Å². The van der Waals surface area contributed by atoms with Gasteiger partial charge in [0.25, 0.3) is 0 Å². The molecule has 0 bridgehead atoms. The van der Waals surface area contributed by atoms with Gasteiger partial charge >= 0.3 is 12.3 Å². The standard InChI is InChI=1S/C20H17F3N2O4/c1-2-27-19(26)17-16(15-4-3-11-28-15)24-18(25(17)13-7-8-13)12-5-9-14(10-6-12)29-20(21,22)23/h3-6,9-11,13H,2,7-8H2,1H3. The lowest BCUT2D eigenvalue weighted by Crippen LogP contribution is -2.17. The summed E-state index contributed by atoms with van der Waals surface area (Å²) in [6.07, 6.45) is -1.56. The van der Waals surface area contributed by atoms with Gasteiger partial charge in [0.1, 0.15) is 17.3 Å². The Morgan fingerprint density at radius 1 is 1.24 bits per heavy atom. The Balaban J connectivity index is 1.81. The molecule has 0 radical (unpaired) electrons. The molecule has 0 amide bonds. The highest BCUT2D eigenvalue weighted by atomic mass is 19.4. The van der Waals surface area contributed by atoms with Crippen molar-refractivity contribution in [3.8, 4) is 28.6 Å². The molecule has 4 rings (SSSR count). The Kier molecular flexibility index (Phi) is 4.81. The molecule has 0 N–H and O–H groups in total. The molecule has 1 saturated carbocycles. The minimum atomic E-state index is -4.77. The number of carbonyl (C=O) groups is 1. The van der Waals surface area contributed by atoms with E-state index in [-0.39, 0.29) is 24.1 Å². The number of hydrogen-bond acceptors (Lipinski definition) is 5. The van der Waals surface area contributed by atoms with Crippen molar-refractivity contribution in [1.29, 1.82) is 0 Å². The summed E-state index contributed by atoms with van der Waals surface area (Å²) in [7, 11) is 0. The number of esters is 1. The summed E-state index contributed by atoms with van der Waals surface area (Å²) in [4.78, 5) is 17.3. The summed E-state index contributed by atoms with van der Waals surface area (Å²) in [5.41, 5.74) is 1.16. The molecule has 6 nitrogen and oxygen atoms in total. The molecule has 9 heteroatoms. The van der Waals surface area contributed by atoms with Gasteiger partial charge in [-0.3, -0.25) is 0 Å². The molecule has 1 aromatic carbocycles. The van der Waals surface area contributed by atoms with E-state index >= 15 is 0 Å². The maximum atomic E-state index is 12.7. The fourth-order valence-corrected chi connectivity index (χ4v) is 3.11. The molecule has 0 spiro atoms. The molecule has 2 heterocycles. The molecule has 1 aliphatic rings. The van der Waals surface area contributed by atoms with Crippen molar-refractivity contribution in [2.24, 2.45) is 0 Å². The van der Waals surface area contributed by atoms with Crippen molar-refractivity contribution < 1.29 is 31.9 Å². The highest BCUT2D eigenvalue weighted by Gasteiger charge is 2.36. The number of aromatic nitrogens is 2. The number of benzene rings is 1. The summed E-state index contributed by atoms with van der Waals surface area (Å²) >= 11 is 0. The first-order valence-corrected chi connectivity index (χ1v) is 9.06. The summed E-state index contributed by atoms with van der Waals surface area (Å²) in [5, 5.41) is 0. The lowest BCUT2D eigenvalue weighted by Gasteiger charge is -2.12. The topological polar surface area (TPSA) is 66.5 Å². The highest BCUT2D eigenvalue weighted by molar-refractivity contribution is 5.95. The SMILES string of the molecule is CCOC(=O)c1c(-c2ccco2)nc(-c2ccc(OC(F)(F)F)cc2)n1C1CC1. The largest absolute Gasteiger partial charge is 0.573 e. The van der Waals surface area contributed by atoms with Crippen LogP contribution < -0.4 is 4.74 Å². The van der Waals surface area contributed by atoms with Gasteiger partial charge in [0, 0.05) is 11.6 Å². The van der Waals surface area contributed by atoms with Crippen LogP contribution in [0.2, 0.25) is 0 Å². The van der Waals surface area contributed by atoms with Crippen molar-refractivity contribution in [3.63, 3.8) is 0 Å². The number of alkyl halides is 3. The third-order valence-electron chi connectivity index (χ3n) is 4.39. The predicted molar refractivity (Wildman–Crippen MR) is 96.3 cm³/mol. The van der Waals surface area contributed by atoms with Gasteiger partial charge in [0.05, 0.1) is 12.9 Å². The van der Waals surface area contributed by atoms with Crippen LogP contribution in [-0.4, -0.2) is 28.5 Å². The molecule has 0 aliphatic heterocycles. The van der Waals surface area contributed by atoms with Crippen LogP contribution in [-0.2, 0) is 4.74 Å². The van der Waals surface area contributed by atoms with Crippen LogP contribution in [0.5, 0.6) is 5.75 Å². The maximum absolute atomic E-state index is 12.7. The minimum absolute atomic E-state index is 0.0618. The van der Waals surface area contributed by atoms with Crippen LogP contribution in [0.25, 0.3) is 22.8 Å². The quantitative estimate of drug-likeness (QED) is 0.525. The van der Waals surface area contributed by atoms with Gasteiger partial charge in [0.15, 0.2) is 11.5 Å². The summed E-state index contributed by atoms with van der Waals surface area (Å²) in [6.45, 7) is 1.91. The first-order chi connectivity index (χ1) is 13.9. The fourth-order valence-electron chi connectivity index (χ4n) is 3.11. The molecular weight excluding hydrogens is 389 g/mol. The van der Waals surface area contributed by atoms with E-state index in [1.807, 2.05) is 0 Å². The molecule has 0 unspecified atom stereocenters. The molecule has 3 aromatic rings. The first kappa shape index (κ1) is 19.1. The molecule has 29 heavy (non-hydrogen) atoms. The molecule has 1 aliphatic carbocycles. The van der Waals surface area contributed by atoms with Crippen LogP contribution in [0.4, 0.5) is 13.2 Å². The number of halogens is 3. The number of rotatable bonds is 6. The van der Waals surface area contributed by atoms with E-state index in [4.69, 9.17) is 9.15 Å². The number of nitrogens with zero attached hydrogens (tertiary/aromatic N) is 2. The number of carbonyl (C=O) groups excluding carboxylic acids is 1. The Morgan fingerprint density at radius 2 is 1.97 bits per heavy atom. The van der Waals surface area contributed by atoms with Crippen molar-refractivity contribution >= 4 is 5.97 Å². The smallest absolute Gasteiger partial charge is 0.463 e. The second kappa shape index (κ2) is 7.31. The zero-order valence-electron chi connectivity index (χ0n) is 15.4. The average Bonchev–Trinajstić information content (AvgIpc) is 3.20. The molecule has 0 saturated heterocycles. The average molecular weight is 406 g/mol. The number of ether oxygens (including phenoxy) is 2. The lowest BCUT2D eigenvalue weighted by atomic mass is 10.2. The summed E-state index contributed by atoms with van der Waals surface area (Å²) in [5.74, 6) is 0.00969. The fraction of sp³-hybridized carbons (Fsp3) is 0.300. The van der Waals surface area contributed by atoms with E-state index in [1.54, 1.807) is 23.6 Å². The van der Waals surface area contributed by atoms with Crippen LogP contribution in [0.15, 0.2) is 47.1 Å². The summed E-state index contributed by atoms with van der Waals surface area (Å²) < 4.78 is 53.6. The van der Waals surface area contributed by atoms with Crippen LogP contribution in [0.3, 0.4) is 0 Å². The molecular formula is C20H17F3N2O4. The van der Waals surface area contributed by atoms with E-state index in [1.165, 1.54) is 30.5 Å². The molecule has 0 atom stereocenters. The molecule has 152 valence electrons. The van der Waals surface area contributed by atoms with E-state index in [0.717, 1.165) is 12.8 Å². The lowest BCUT2D eigenvalue weighted by molar-refractivity contribution is -0.274. The number of hydrogen-bond donors (Lipinski definition) is 0. The Bertz CT molecular complexity index is 1000. The van der Waals surface area contributed by atoms with Gasteiger partial charge in [-0.25, -0.2) is 9.78 Å². The zero-order valence-corrected chi connectivity index (χ0v) is 15.4. The maximum Gasteiger partial charge on any atom is 0.573 e. The normalized spacial score (nSPS) is 14.1. The minimum Gasteiger partial charge on any atom is -0.463 e. The van der Waals surface area contributed by atoms with Crippen molar-refractivity contribution in [2.75, 3.05) is 6.61 Å². The monoisotopic (exact) mass is 406 g/mol. The number of furan rings is 1. The Hall–Kier alpha value is -3.23. The van der Waals surface area contributed by atoms with E-state index in [2.05, 4.69) is 9.72 Å². The van der Waals surface area contributed by atoms with E-state index < -0.39 is 12.3 Å². The zero-order chi connectivity index (χ0) is 20.6. The molecule has 2 aromatic heterocycles. The Morgan fingerprint density at radius 3 is 2.52 bits per heavy atom. The van der Waals surface area contributed by atoms with Crippen LogP contribution in [0, 0.1) is 0 Å². The molecule has 1 fully saturated rings. The van der Waals surface area contributed by atoms with Crippen molar-refractivity contribution in [2.45, 2.75) is 32.2 Å². The van der Waals surface area contributed by atoms with Gasteiger partial charge in [-0.05, 0) is 56.2 Å². The second-order valence-corrected chi connectivity index (χ2v) is 6.50. The third kappa shape index (κ3) is 3.98. The third-order valence-corrected chi connectivity index (χ3v) is 4.39. The van der Waals surface area contributed by atoms with Crippen molar-refractivity contribution in [3.05, 3.63) is 48.4 Å². The van der Waals surface area contributed by atoms with E-state index in [9.17, 15) is 18.0 Å². The second-order valence-electron chi connectivity index (χ2n) is 6.50. The van der Waals surface area contributed by atoms with Crippen LogP contribution in [0.1, 0.15) is 36.3 Å². The van der Waals surface area contributed by atoms with Gasteiger partial charge in [-0.15, -0.1) is 13.2 Å².